The SMILES string of the molecule is CCNC(=NCc1csc(CCc2ccccc2)n1)N1CC[C@@H](O)C1. The van der Waals surface area contributed by atoms with Gasteiger partial charge in [-0.1, -0.05) is 30.3 Å². The minimum Gasteiger partial charge on any atom is -0.391 e. The Kier molecular flexibility index (Phi) is 6.42. The fourth-order valence-corrected chi connectivity index (χ4v) is 3.74. The Morgan fingerprint density at radius 1 is 1.36 bits per heavy atom. The summed E-state index contributed by atoms with van der Waals surface area (Å²) in [6, 6.07) is 10.5. The van der Waals surface area contributed by atoms with Crippen LogP contribution in [0.2, 0.25) is 0 Å². The third-order valence-corrected chi connectivity index (χ3v) is 5.22. The number of likely N-dealkylation sites (tertiary alicyclic amines) is 1. The molecule has 134 valence electrons. The number of aliphatic imine (C=N–C) groups is 1. The van der Waals surface area contributed by atoms with Crippen LogP contribution in [-0.4, -0.2) is 46.7 Å². The third kappa shape index (κ3) is 5.28. The zero-order valence-corrected chi connectivity index (χ0v) is 15.5. The van der Waals surface area contributed by atoms with Crippen molar-refractivity contribution in [3.63, 3.8) is 0 Å². The number of thiazole rings is 1. The van der Waals surface area contributed by atoms with Gasteiger partial charge in [0.1, 0.15) is 0 Å². The monoisotopic (exact) mass is 358 g/mol. The Balaban J connectivity index is 1.56. The molecule has 1 aliphatic heterocycles. The van der Waals surface area contributed by atoms with Gasteiger partial charge >= 0.3 is 0 Å². The summed E-state index contributed by atoms with van der Waals surface area (Å²) in [5.74, 6) is 0.873. The van der Waals surface area contributed by atoms with Crippen molar-refractivity contribution in [2.24, 2.45) is 4.99 Å². The van der Waals surface area contributed by atoms with Crippen LogP contribution in [-0.2, 0) is 19.4 Å². The average Bonchev–Trinajstić information content (AvgIpc) is 3.27. The van der Waals surface area contributed by atoms with Crippen LogP contribution in [0.25, 0.3) is 0 Å². The maximum absolute atomic E-state index is 9.72. The molecule has 1 aromatic heterocycles. The Morgan fingerprint density at radius 3 is 2.92 bits per heavy atom. The quantitative estimate of drug-likeness (QED) is 0.615. The predicted octanol–water partition coefficient (Wildman–Crippen LogP) is 2.46. The molecule has 0 aliphatic carbocycles. The van der Waals surface area contributed by atoms with Crippen molar-refractivity contribution in [1.82, 2.24) is 15.2 Å². The van der Waals surface area contributed by atoms with Crippen molar-refractivity contribution in [3.05, 3.63) is 52.0 Å². The number of aryl methyl sites for hydroxylation is 2. The van der Waals surface area contributed by atoms with Crippen molar-refractivity contribution in [2.45, 2.75) is 38.8 Å². The standard InChI is InChI=1S/C19H26N4OS/c1-2-20-19(23-11-10-17(24)13-23)21-12-16-14-25-18(22-16)9-8-15-6-4-3-5-7-15/h3-7,14,17,24H,2,8-13H2,1H3,(H,20,21)/t17-/m1/s1. The van der Waals surface area contributed by atoms with Crippen LogP contribution >= 0.6 is 11.3 Å². The summed E-state index contributed by atoms with van der Waals surface area (Å²) >= 11 is 1.71. The van der Waals surface area contributed by atoms with E-state index < -0.39 is 0 Å². The second-order valence-electron chi connectivity index (χ2n) is 6.28. The highest BCUT2D eigenvalue weighted by Gasteiger charge is 2.22. The second kappa shape index (κ2) is 8.97. The molecule has 1 aliphatic rings. The molecule has 0 unspecified atom stereocenters. The van der Waals surface area contributed by atoms with E-state index in [1.54, 1.807) is 11.3 Å². The first-order chi connectivity index (χ1) is 12.2. The minimum atomic E-state index is -0.243. The van der Waals surface area contributed by atoms with Crippen molar-refractivity contribution >= 4 is 17.3 Å². The van der Waals surface area contributed by atoms with Crippen molar-refractivity contribution in [2.75, 3.05) is 19.6 Å². The van der Waals surface area contributed by atoms with Crippen LogP contribution in [0.4, 0.5) is 0 Å². The van der Waals surface area contributed by atoms with Gasteiger partial charge in [-0.05, 0) is 25.3 Å². The number of guanidine groups is 1. The van der Waals surface area contributed by atoms with E-state index >= 15 is 0 Å². The molecule has 1 fully saturated rings. The van der Waals surface area contributed by atoms with Gasteiger partial charge in [-0.15, -0.1) is 11.3 Å². The lowest BCUT2D eigenvalue weighted by Crippen LogP contribution is -2.40. The fourth-order valence-electron chi connectivity index (χ4n) is 2.95. The lowest BCUT2D eigenvalue weighted by molar-refractivity contribution is 0.188. The van der Waals surface area contributed by atoms with E-state index in [1.165, 1.54) is 5.56 Å². The molecular weight excluding hydrogens is 332 g/mol. The Bertz CT molecular complexity index is 686. The van der Waals surface area contributed by atoms with Crippen molar-refractivity contribution in [3.8, 4) is 0 Å². The lowest BCUT2D eigenvalue weighted by atomic mass is 10.1. The average molecular weight is 359 g/mol. The molecule has 5 nitrogen and oxygen atoms in total. The van der Waals surface area contributed by atoms with E-state index in [0.717, 1.165) is 49.0 Å². The number of aliphatic hydroxyl groups excluding tert-OH is 1. The molecule has 0 spiro atoms. The van der Waals surface area contributed by atoms with Gasteiger partial charge in [-0.25, -0.2) is 9.98 Å². The van der Waals surface area contributed by atoms with Crippen molar-refractivity contribution < 1.29 is 5.11 Å². The van der Waals surface area contributed by atoms with Gasteiger partial charge in [0.25, 0.3) is 0 Å². The molecule has 6 heteroatoms. The smallest absolute Gasteiger partial charge is 0.194 e. The molecule has 0 amide bonds. The van der Waals surface area contributed by atoms with E-state index in [-0.39, 0.29) is 6.10 Å². The highest BCUT2D eigenvalue weighted by molar-refractivity contribution is 7.09. The topological polar surface area (TPSA) is 60.8 Å². The Labute approximate surface area is 153 Å². The molecule has 0 radical (unpaired) electrons. The highest BCUT2D eigenvalue weighted by atomic mass is 32.1. The molecule has 2 heterocycles. The normalized spacial score (nSPS) is 17.9. The summed E-state index contributed by atoms with van der Waals surface area (Å²) in [5.41, 5.74) is 2.36. The molecule has 0 saturated carbocycles. The molecule has 2 aromatic rings. The van der Waals surface area contributed by atoms with Gasteiger partial charge in [-0.2, -0.15) is 0 Å². The zero-order valence-electron chi connectivity index (χ0n) is 14.7. The number of nitrogens with zero attached hydrogens (tertiary/aromatic N) is 3. The number of β-amino-alcohol motifs (C(OH)–C–C–N with tert-alkyl or cyclic N) is 1. The van der Waals surface area contributed by atoms with E-state index in [4.69, 9.17) is 9.98 Å². The molecule has 1 aromatic carbocycles. The molecule has 25 heavy (non-hydrogen) atoms. The van der Waals surface area contributed by atoms with Gasteiger partial charge < -0.3 is 15.3 Å². The second-order valence-corrected chi connectivity index (χ2v) is 7.22. The summed E-state index contributed by atoms with van der Waals surface area (Å²) in [6.07, 6.45) is 2.56. The number of aromatic nitrogens is 1. The maximum Gasteiger partial charge on any atom is 0.194 e. The van der Waals surface area contributed by atoms with Gasteiger partial charge in [0.2, 0.25) is 0 Å². The number of rotatable bonds is 6. The summed E-state index contributed by atoms with van der Waals surface area (Å²) < 4.78 is 0. The summed E-state index contributed by atoms with van der Waals surface area (Å²) in [4.78, 5) is 11.5. The van der Waals surface area contributed by atoms with E-state index in [0.29, 0.717) is 13.1 Å². The van der Waals surface area contributed by atoms with E-state index in [1.807, 2.05) is 6.07 Å². The number of benzene rings is 1. The molecule has 1 saturated heterocycles. The van der Waals surface area contributed by atoms with Crippen LogP contribution in [0.5, 0.6) is 0 Å². The Hall–Kier alpha value is -1.92. The van der Waals surface area contributed by atoms with E-state index in [9.17, 15) is 5.11 Å². The number of hydrogen-bond acceptors (Lipinski definition) is 4. The Morgan fingerprint density at radius 2 is 2.20 bits per heavy atom. The highest BCUT2D eigenvalue weighted by Crippen LogP contribution is 2.15. The first-order valence-corrected chi connectivity index (χ1v) is 9.81. The van der Waals surface area contributed by atoms with Gasteiger partial charge in [-0.3, -0.25) is 0 Å². The van der Waals surface area contributed by atoms with Crippen molar-refractivity contribution in [1.29, 1.82) is 0 Å². The van der Waals surface area contributed by atoms with Gasteiger partial charge in [0.05, 0.1) is 23.4 Å². The van der Waals surface area contributed by atoms with Crippen LogP contribution in [0.15, 0.2) is 40.7 Å². The molecule has 3 rings (SSSR count). The first kappa shape index (κ1) is 17.9. The summed E-state index contributed by atoms with van der Waals surface area (Å²) in [7, 11) is 0. The van der Waals surface area contributed by atoms with Crippen LogP contribution in [0.1, 0.15) is 29.6 Å². The number of nitrogens with one attached hydrogen (secondary N) is 1. The third-order valence-electron chi connectivity index (χ3n) is 4.26. The summed E-state index contributed by atoms with van der Waals surface area (Å²) in [6.45, 7) is 4.98. The first-order valence-electron chi connectivity index (χ1n) is 8.93. The van der Waals surface area contributed by atoms with Crippen LogP contribution in [0, 0.1) is 0 Å². The zero-order chi connectivity index (χ0) is 17.5. The predicted molar refractivity (Wildman–Crippen MR) is 103 cm³/mol. The lowest BCUT2D eigenvalue weighted by Gasteiger charge is -2.20. The fraction of sp³-hybridized carbons (Fsp3) is 0.474. The summed E-state index contributed by atoms with van der Waals surface area (Å²) in [5, 5.41) is 16.3. The molecule has 0 bridgehead atoms. The minimum absolute atomic E-state index is 0.243. The van der Waals surface area contributed by atoms with Crippen LogP contribution in [0.3, 0.4) is 0 Å². The van der Waals surface area contributed by atoms with Gasteiger partial charge in [0.15, 0.2) is 5.96 Å². The maximum atomic E-state index is 9.72. The van der Waals surface area contributed by atoms with E-state index in [2.05, 4.69) is 46.8 Å². The van der Waals surface area contributed by atoms with Crippen LogP contribution < -0.4 is 5.32 Å². The molecule has 2 N–H and O–H groups in total. The largest absolute Gasteiger partial charge is 0.391 e. The number of aliphatic hydroxyl groups is 1. The van der Waals surface area contributed by atoms with Gasteiger partial charge in [0, 0.05) is 31.4 Å². The molecular formula is C19H26N4OS. The molecule has 1 atom stereocenters. The number of hydrogen-bond donors (Lipinski definition) is 2.